The van der Waals surface area contributed by atoms with Gasteiger partial charge in [-0.3, -0.25) is 0 Å². The van der Waals surface area contributed by atoms with Crippen molar-refractivity contribution in [2.75, 3.05) is 6.54 Å². The van der Waals surface area contributed by atoms with Crippen molar-refractivity contribution in [2.24, 2.45) is 5.92 Å². The fraction of sp³-hybridized carbons (Fsp3) is 0.909. The Hall–Kier alpha value is -0.0400. The molecule has 1 heterocycles. The third-order valence-electron chi connectivity index (χ3n) is 2.72. The Kier molecular flexibility index (Phi) is 4.67. The quantitative estimate of drug-likeness (QED) is 0.636. The number of piperidine rings is 1. The summed E-state index contributed by atoms with van der Waals surface area (Å²) in [6, 6.07) is 0.738. The molecule has 1 N–H and O–H groups in total. The van der Waals surface area contributed by atoms with Crippen LogP contribution in [0.4, 0.5) is 0 Å². The first-order chi connectivity index (χ1) is 5.83. The molecule has 0 aliphatic carbocycles. The third-order valence-corrected chi connectivity index (χ3v) is 2.72. The third kappa shape index (κ3) is 3.57. The number of rotatable bonds is 4. The molecule has 0 aromatic rings. The summed E-state index contributed by atoms with van der Waals surface area (Å²) < 4.78 is 0. The molecule has 1 rings (SSSR count). The van der Waals surface area contributed by atoms with Crippen LogP contribution in [0.1, 0.15) is 46.0 Å². The first-order valence-corrected chi connectivity index (χ1v) is 5.39. The van der Waals surface area contributed by atoms with E-state index in [-0.39, 0.29) is 0 Å². The van der Waals surface area contributed by atoms with Crippen molar-refractivity contribution in [1.82, 2.24) is 5.32 Å². The van der Waals surface area contributed by atoms with Crippen LogP contribution in [0.25, 0.3) is 0 Å². The van der Waals surface area contributed by atoms with Crippen LogP contribution in [-0.2, 0) is 0 Å². The highest BCUT2D eigenvalue weighted by molar-refractivity contribution is 4.84. The van der Waals surface area contributed by atoms with Crippen LogP contribution in [0.5, 0.6) is 0 Å². The summed E-state index contributed by atoms with van der Waals surface area (Å²) in [7, 11) is 0. The molecule has 0 aromatic carbocycles. The summed E-state index contributed by atoms with van der Waals surface area (Å²) in [5, 5.41) is 3.48. The van der Waals surface area contributed by atoms with E-state index in [1.165, 1.54) is 38.6 Å². The highest BCUT2D eigenvalue weighted by Gasteiger charge is 2.17. The molecule has 12 heavy (non-hydrogen) atoms. The van der Waals surface area contributed by atoms with Gasteiger partial charge in [0.05, 0.1) is 0 Å². The molecule has 1 saturated heterocycles. The standard InChI is InChI=1S/C11H22N/c1-3-4-5-6-11-7-8-12-10(2)9-11/h6,10-12H,3-5,7-9H2,1-2H3. The van der Waals surface area contributed by atoms with Gasteiger partial charge in [-0.25, -0.2) is 0 Å². The Morgan fingerprint density at radius 1 is 1.50 bits per heavy atom. The summed E-state index contributed by atoms with van der Waals surface area (Å²) in [5.41, 5.74) is 0. The average molecular weight is 168 g/mol. The van der Waals surface area contributed by atoms with Gasteiger partial charge >= 0.3 is 0 Å². The summed E-state index contributed by atoms with van der Waals surface area (Å²) in [4.78, 5) is 0. The zero-order chi connectivity index (χ0) is 8.81. The zero-order valence-corrected chi connectivity index (χ0v) is 8.47. The zero-order valence-electron chi connectivity index (χ0n) is 8.47. The lowest BCUT2D eigenvalue weighted by atomic mass is 9.89. The maximum absolute atomic E-state index is 3.48. The normalized spacial score (nSPS) is 30.5. The van der Waals surface area contributed by atoms with Crippen LogP contribution in [-0.4, -0.2) is 12.6 Å². The van der Waals surface area contributed by atoms with E-state index in [4.69, 9.17) is 0 Å². The van der Waals surface area contributed by atoms with E-state index < -0.39 is 0 Å². The number of unbranched alkanes of at least 4 members (excludes halogenated alkanes) is 2. The minimum absolute atomic E-state index is 0.738. The van der Waals surface area contributed by atoms with Crippen molar-refractivity contribution in [3.8, 4) is 0 Å². The lowest BCUT2D eigenvalue weighted by Crippen LogP contribution is -2.35. The highest BCUT2D eigenvalue weighted by atomic mass is 14.9. The molecule has 0 saturated carbocycles. The molecule has 71 valence electrons. The van der Waals surface area contributed by atoms with Crippen molar-refractivity contribution in [1.29, 1.82) is 0 Å². The molecule has 0 bridgehead atoms. The van der Waals surface area contributed by atoms with Crippen LogP contribution in [0.15, 0.2) is 0 Å². The van der Waals surface area contributed by atoms with Gasteiger partial charge in [0.1, 0.15) is 0 Å². The Bertz CT molecular complexity index is 112. The van der Waals surface area contributed by atoms with Gasteiger partial charge in [-0.05, 0) is 45.1 Å². The molecule has 0 spiro atoms. The highest BCUT2D eigenvalue weighted by Crippen LogP contribution is 2.21. The Morgan fingerprint density at radius 2 is 2.33 bits per heavy atom. The van der Waals surface area contributed by atoms with E-state index in [1.807, 2.05) is 0 Å². The molecule has 1 heteroatoms. The predicted octanol–water partition coefficient (Wildman–Crippen LogP) is 2.77. The van der Waals surface area contributed by atoms with Crippen LogP contribution in [0.3, 0.4) is 0 Å². The van der Waals surface area contributed by atoms with Gasteiger partial charge in [-0.1, -0.05) is 19.8 Å². The molecular formula is C11H22N. The Morgan fingerprint density at radius 3 is 3.00 bits per heavy atom. The maximum atomic E-state index is 3.48. The van der Waals surface area contributed by atoms with Gasteiger partial charge in [-0.2, -0.15) is 0 Å². The maximum Gasteiger partial charge on any atom is 0.00414 e. The van der Waals surface area contributed by atoms with Gasteiger partial charge in [0, 0.05) is 6.04 Å². The van der Waals surface area contributed by atoms with E-state index in [1.54, 1.807) is 0 Å². The lowest BCUT2D eigenvalue weighted by Gasteiger charge is -2.27. The molecule has 1 aliphatic heterocycles. The molecule has 1 aliphatic rings. The molecule has 1 fully saturated rings. The second-order valence-corrected chi connectivity index (χ2v) is 4.02. The van der Waals surface area contributed by atoms with Gasteiger partial charge in [0.25, 0.3) is 0 Å². The van der Waals surface area contributed by atoms with E-state index in [0.717, 1.165) is 12.0 Å². The average Bonchev–Trinajstić information content (AvgIpc) is 2.05. The fourth-order valence-corrected chi connectivity index (χ4v) is 1.94. The number of hydrogen-bond acceptors (Lipinski definition) is 1. The van der Waals surface area contributed by atoms with Gasteiger partial charge < -0.3 is 5.32 Å². The molecular weight excluding hydrogens is 146 g/mol. The van der Waals surface area contributed by atoms with Crippen LogP contribution >= 0.6 is 0 Å². The van der Waals surface area contributed by atoms with Crippen LogP contribution in [0.2, 0.25) is 0 Å². The largest absolute Gasteiger partial charge is 0.314 e. The van der Waals surface area contributed by atoms with Crippen molar-refractivity contribution in [3.05, 3.63) is 6.42 Å². The van der Waals surface area contributed by atoms with Crippen molar-refractivity contribution in [2.45, 2.75) is 52.0 Å². The van der Waals surface area contributed by atoms with E-state index in [9.17, 15) is 0 Å². The van der Waals surface area contributed by atoms with E-state index >= 15 is 0 Å². The summed E-state index contributed by atoms with van der Waals surface area (Å²) in [6.07, 6.45) is 9.28. The first-order valence-electron chi connectivity index (χ1n) is 5.39. The smallest absolute Gasteiger partial charge is 0.00414 e. The molecule has 0 amide bonds. The molecule has 2 atom stereocenters. The SMILES string of the molecule is CCCC[CH]C1CCNC(C)C1. The summed E-state index contributed by atoms with van der Waals surface area (Å²) in [6.45, 7) is 5.77. The molecule has 2 unspecified atom stereocenters. The summed E-state index contributed by atoms with van der Waals surface area (Å²) >= 11 is 0. The monoisotopic (exact) mass is 168 g/mol. The van der Waals surface area contributed by atoms with Gasteiger partial charge in [0.15, 0.2) is 0 Å². The number of hydrogen-bond donors (Lipinski definition) is 1. The van der Waals surface area contributed by atoms with Gasteiger partial charge in [0.2, 0.25) is 0 Å². The van der Waals surface area contributed by atoms with Crippen LogP contribution in [0, 0.1) is 12.3 Å². The Balaban J connectivity index is 2.06. The van der Waals surface area contributed by atoms with E-state index in [2.05, 4.69) is 25.6 Å². The second kappa shape index (κ2) is 5.58. The van der Waals surface area contributed by atoms with Gasteiger partial charge in [-0.15, -0.1) is 0 Å². The molecule has 1 nitrogen and oxygen atoms in total. The number of nitrogens with one attached hydrogen (secondary N) is 1. The minimum Gasteiger partial charge on any atom is -0.314 e. The molecule has 1 radical (unpaired) electrons. The van der Waals surface area contributed by atoms with E-state index in [0.29, 0.717) is 0 Å². The molecule has 0 aromatic heterocycles. The van der Waals surface area contributed by atoms with Crippen LogP contribution < -0.4 is 5.32 Å². The minimum atomic E-state index is 0.738. The Labute approximate surface area is 76.9 Å². The predicted molar refractivity (Wildman–Crippen MR) is 54.0 cm³/mol. The first kappa shape index (κ1) is 10.0. The fourth-order valence-electron chi connectivity index (χ4n) is 1.94. The van der Waals surface area contributed by atoms with Crippen molar-refractivity contribution in [3.63, 3.8) is 0 Å². The summed E-state index contributed by atoms with van der Waals surface area (Å²) in [5.74, 6) is 0.896. The topological polar surface area (TPSA) is 12.0 Å². The second-order valence-electron chi connectivity index (χ2n) is 4.02. The lowest BCUT2D eigenvalue weighted by molar-refractivity contribution is 0.339. The van der Waals surface area contributed by atoms with Crippen molar-refractivity contribution < 1.29 is 0 Å². The van der Waals surface area contributed by atoms with Crippen molar-refractivity contribution >= 4 is 0 Å².